The monoisotopic (exact) mass is 481 g/mol. The second-order valence-electron chi connectivity index (χ2n) is 8.85. The fraction of sp³-hybridized carbons (Fsp3) is 0.269. The zero-order chi connectivity index (χ0) is 25.2. The van der Waals surface area contributed by atoms with Crippen LogP contribution in [0.1, 0.15) is 11.1 Å². The molecule has 182 valence electrons. The Bertz CT molecular complexity index is 1520. The summed E-state index contributed by atoms with van der Waals surface area (Å²) < 4.78 is 3.13. The number of anilines is 3. The number of nitrogens with one attached hydrogen (secondary N) is 1. The van der Waals surface area contributed by atoms with Crippen molar-refractivity contribution in [2.45, 2.75) is 13.5 Å². The van der Waals surface area contributed by atoms with Gasteiger partial charge in [0.1, 0.15) is 11.5 Å². The molecule has 10 nitrogen and oxygen atoms in total. The number of likely N-dealkylation sites (N-methyl/N-ethyl adjacent to an activating group) is 1. The molecule has 36 heavy (non-hydrogen) atoms. The minimum Gasteiger partial charge on any atom is -0.369 e. The van der Waals surface area contributed by atoms with Crippen molar-refractivity contribution in [1.29, 1.82) is 5.26 Å². The zero-order valence-corrected chi connectivity index (χ0v) is 20.3. The maximum absolute atomic E-state index is 13.1. The molecule has 1 N–H and O–H groups in total. The van der Waals surface area contributed by atoms with Crippen LogP contribution in [0.15, 0.2) is 60.2 Å². The topological polar surface area (TPSA) is 108 Å². The van der Waals surface area contributed by atoms with Crippen LogP contribution in [0.2, 0.25) is 0 Å². The SMILES string of the molecule is C=CCn1c(=O)c2cnc(Nc3ccc(N4CCN(C)CC4)c(C)c3)nc2n1-c1ccc(C#N)cn1. The summed E-state index contributed by atoms with van der Waals surface area (Å²) in [6.45, 7) is 10.3. The molecule has 1 aliphatic rings. The Balaban J connectivity index is 1.50. The van der Waals surface area contributed by atoms with E-state index < -0.39 is 0 Å². The van der Waals surface area contributed by atoms with E-state index in [2.05, 4.69) is 68.8 Å². The van der Waals surface area contributed by atoms with Gasteiger partial charge < -0.3 is 15.1 Å². The number of aryl methyl sites for hydroxylation is 1. The Morgan fingerprint density at radius 1 is 1.14 bits per heavy atom. The van der Waals surface area contributed by atoms with Gasteiger partial charge in [-0.25, -0.2) is 19.3 Å². The molecular formula is C26H27N9O. The molecule has 1 saturated heterocycles. The van der Waals surface area contributed by atoms with Crippen LogP contribution in [0.5, 0.6) is 0 Å². The molecule has 0 spiro atoms. The summed E-state index contributed by atoms with van der Waals surface area (Å²) in [5.74, 6) is 0.840. The average Bonchev–Trinajstić information content (AvgIpc) is 3.16. The van der Waals surface area contributed by atoms with E-state index in [1.54, 1.807) is 22.9 Å². The molecule has 1 fully saturated rings. The quantitative estimate of drug-likeness (QED) is 0.419. The lowest BCUT2D eigenvalue weighted by Gasteiger charge is -2.35. The summed E-state index contributed by atoms with van der Waals surface area (Å²) in [5.41, 5.74) is 3.87. The van der Waals surface area contributed by atoms with Crippen molar-refractivity contribution in [2.24, 2.45) is 0 Å². The maximum atomic E-state index is 13.1. The molecular weight excluding hydrogens is 454 g/mol. The van der Waals surface area contributed by atoms with Crippen LogP contribution < -0.4 is 15.8 Å². The smallest absolute Gasteiger partial charge is 0.278 e. The number of nitriles is 1. The van der Waals surface area contributed by atoms with Gasteiger partial charge in [-0.2, -0.15) is 10.2 Å². The van der Waals surface area contributed by atoms with Crippen molar-refractivity contribution in [3.05, 3.63) is 76.9 Å². The first-order chi connectivity index (χ1) is 17.5. The Kier molecular flexibility index (Phi) is 6.23. The first kappa shape index (κ1) is 23.3. The highest BCUT2D eigenvalue weighted by Gasteiger charge is 2.19. The molecule has 1 aliphatic heterocycles. The van der Waals surface area contributed by atoms with Crippen LogP contribution >= 0.6 is 0 Å². The van der Waals surface area contributed by atoms with E-state index in [9.17, 15) is 4.79 Å². The van der Waals surface area contributed by atoms with Crippen molar-refractivity contribution in [1.82, 2.24) is 29.2 Å². The van der Waals surface area contributed by atoms with Crippen LogP contribution in [0.25, 0.3) is 16.9 Å². The Morgan fingerprint density at radius 2 is 1.94 bits per heavy atom. The molecule has 0 bridgehead atoms. The Labute approximate surface area is 208 Å². The molecule has 0 amide bonds. The van der Waals surface area contributed by atoms with Crippen LogP contribution in [-0.2, 0) is 6.54 Å². The van der Waals surface area contributed by atoms with E-state index in [0.717, 1.165) is 31.9 Å². The molecule has 0 aliphatic carbocycles. The summed E-state index contributed by atoms with van der Waals surface area (Å²) in [7, 11) is 2.15. The maximum Gasteiger partial charge on any atom is 0.278 e. The third-order valence-electron chi connectivity index (χ3n) is 6.37. The predicted octanol–water partition coefficient (Wildman–Crippen LogP) is 2.84. The third kappa shape index (κ3) is 4.32. The number of allylic oxidation sites excluding steroid dienone is 1. The van der Waals surface area contributed by atoms with Crippen molar-refractivity contribution in [3.63, 3.8) is 0 Å². The van der Waals surface area contributed by atoms with E-state index in [-0.39, 0.29) is 12.1 Å². The fourth-order valence-electron chi connectivity index (χ4n) is 4.45. The minimum absolute atomic E-state index is 0.241. The number of nitrogens with zero attached hydrogens (tertiary/aromatic N) is 8. The van der Waals surface area contributed by atoms with Gasteiger partial charge in [0.2, 0.25) is 5.95 Å². The third-order valence-corrected chi connectivity index (χ3v) is 6.37. The number of rotatable bonds is 6. The summed E-state index contributed by atoms with van der Waals surface area (Å²) in [6.07, 6.45) is 4.63. The molecule has 5 rings (SSSR count). The predicted molar refractivity (Wildman–Crippen MR) is 140 cm³/mol. The van der Waals surface area contributed by atoms with Crippen LogP contribution in [-0.4, -0.2) is 62.4 Å². The van der Waals surface area contributed by atoms with Crippen molar-refractivity contribution < 1.29 is 0 Å². The van der Waals surface area contributed by atoms with E-state index in [0.29, 0.717) is 28.4 Å². The molecule has 4 heterocycles. The van der Waals surface area contributed by atoms with Gasteiger partial charge in [0.15, 0.2) is 11.5 Å². The summed E-state index contributed by atoms with van der Waals surface area (Å²) in [6, 6.07) is 11.6. The van der Waals surface area contributed by atoms with Gasteiger partial charge in [-0.1, -0.05) is 6.08 Å². The summed E-state index contributed by atoms with van der Waals surface area (Å²) in [5, 5.41) is 12.8. The van der Waals surface area contributed by atoms with E-state index >= 15 is 0 Å². The van der Waals surface area contributed by atoms with Crippen LogP contribution in [0.4, 0.5) is 17.3 Å². The fourth-order valence-corrected chi connectivity index (χ4v) is 4.45. The number of hydrogen-bond donors (Lipinski definition) is 1. The molecule has 0 atom stereocenters. The summed E-state index contributed by atoms with van der Waals surface area (Å²) in [4.78, 5) is 31.2. The Hall–Kier alpha value is -4.49. The van der Waals surface area contributed by atoms with Gasteiger partial charge in [-0.15, -0.1) is 6.58 Å². The second-order valence-corrected chi connectivity index (χ2v) is 8.85. The highest BCUT2D eigenvalue weighted by molar-refractivity contribution is 5.77. The van der Waals surface area contributed by atoms with Gasteiger partial charge in [-0.3, -0.25) is 4.79 Å². The van der Waals surface area contributed by atoms with Crippen molar-refractivity contribution >= 4 is 28.4 Å². The lowest BCUT2D eigenvalue weighted by atomic mass is 10.1. The molecule has 10 heteroatoms. The van der Waals surface area contributed by atoms with Gasteiger partial charge >= 0.3 is 0 Å². The zero-order valence-electron chi connectivity index (χ0n) is 20.3. The van der Waals surface area contributed by atoms with E-state index in [4.69, 9.17) is 5.26 Å². The number of piperazine rings is 1. The van der Waals surface area contributed by atoms with Gasteiger partial charge in [0.25, 0.3) is 5.56 Å². The first-order valence-electron chi connectivity index (χ1n) is 11.8. The molecule has 0 unspecified atom stereocenters. The molecule has 0 radical (unpaired) electrons. The van der Waals surface area contributed by atoms with Gasteiger partial charge in [-0.05, 0) is 49.9 Å². The van der Waals surface area contributed by atoms with Gasteiger partial charge in [0.05, 0.1) is 12.1 Å². The van der Waals surface area contributed by atoms with Crippen LogP contribution in [0.3, 0.4) is 0 Å². The minimum atomic E-state index is -0.241. The van der Waals surface area contributed by atoms with Gasteiger partial charge in [0, 0.05) is 49.9 Å². The number of hydrogen-bond acceptors (Lipinski definition) is 8. The van der Waals surface area contributed by atoms with E-state index in [1.165, 1.54) is 28.3 Å². The summed E-state index contributed by atoms with van der Waals surface area (Å²) >= 11 is 0. The number of fused-ring (bicyclic) bond motifs is 1. The highest BCUT2D eigenvalue weighted by atomic mass is 16.1. The van der Waals surface area contributed by atoms with Crippen molar-refractivity contribution in [2.75, 3.05) is 43.4 Å². The van der Waals surface area contributed by atoms with Crippen molar-refractivity contribution in [3.8, 4) is 11.9 Å². The first-order valence-corrected chi connectivity index (χ1v) is 11.8. The largest absolute Gasteiger partial charge is 0.369 e. The molecule has 1 aromatic carbocycles. The molecule has 4 aromatic rings. The van der Waals surface area contributed by atoms with Crippen LogP contribution in [0, 0.1) is 18.3 Å². The Morgan fingerprint density at radius 3 is 2.61 bits per heavy atom. The lowest BCUT2D eigenvalue weighted by molar-refractivity contribution is 0.312. The number of benzene rings is 1. The molecule has 3 aromatic heterocycles. The van der Waals surface area contributed by atoms with E-state index in [1.807, 2.05) is 6.07 Å². The number of aromatic nitrogens is 5. The molecule has 0 saturated carbocycles. The standard InChI is InChI=1S/C26H27N9O/c1-4-9-34-25(36)21-17-29-26(31-24(21)35(34)23-8-5-19(15-27)16-28-23)30-20-6-7-22(18(2)14-20)33-12-10-32(3)11-13-33/h4-8,14,16-17H,1,9-13H2,2-3H3,(H,29,30,31). The average molecular weight is 482 g/mol. The highest BCUT2D eigenvalue weighted by Crippen LogP contribution is 2.26. The lowest BCUT2D eigenvalue weighted by Crippen LogP contribution is -2.44. The number of pyridine rings is 1. The second kappa shape index (κ2) is 9.64. The normalized spacial score (nSPS) is 14.1.